The summed E-state index contributed by atoms with van der Waals surface area (Å²) in [6.45, 7) is 6.25. The lowest BCUT2D eigenvalue weighted by atomic mass is 10.2. The summed E-state index contributed by atoms with van der Waals surface area (Å²) >= 11 is 0. The first-order valence-electron chi connectivity index (χ1n) is 7.54. The summed E-state index contributed by atoms with van der Waals surface area (Å²) in [4.78, 5) is 6.94. The fourth-order valence-electron chi connectivity index (χ4n) is 2.43. The van der Waals surface area contributed by atoms with E-state index in [4.69, 9.17) is 9.72 Å². The third-order valence-electron chi connectivity index (χ3n) is 3.53. The second-order valence-electron chi connectivity index (χ2n) is 5.15. The van der Waals surface area contributed by atoms with Gasteiger partial charge in [-0.1, -0.05) is 41.9 Å². The molecule has 0 radical (unpaired) electrons. The van der Waals surface area contributed by atoms with Gasteiger partial charge in [0.15, 0.2) is 6.54 Å². The molecule has 3 rings (SSSR count). The van der Waals surface area contributed by atoms with Gasteiger partial charge < -0.3 is 9.64 Å². The van der Waals surface area contributed by atoms with Crippen LogP contribution in [0.4, 0.5) is 5.95 Å². The molecular formula is C16H21N4O+. The standard InChI is InChI=1S/C16H21N4O/c1-2-8-20-13-15(14-6-4-3-5-7-14)17-16(18-20)19-9-11-21-12-10-19/h3-7,13H,2,8-12H2,1H3/q+1. The Morgan fingerprint density at radius 1 is 1.19 bits per heavy atom. The van der Waals surface area contributed by atoms with Crippen LogP contribution in [0, 0.1) is 0 Å². The van der Waals surface area contributed by atoms with E-state index in [-0.39, 0.29) is 0 Å². The molecule has 1 aliphatic rings. The van der Waals surface area contributed by atoms with Crippen molar-refractivity contribution in [2.75, 3.05) is 31.2 Å². The molecule has 1 aromatic carbocycles. The second-order valence-corrected chi connectivity index (χ2v) is 5.15. The van der Waals surface area contributed by atoms with Gasteiger partial charge in [0.25, 0.3) is 5.95 Å². The molecular weight excluding hydrogens is 264 g/mol. The van der Waals surface area contributed by atoms with Crippen molar-refractivity contribution in [3.63, 3.8) is 0 Å². The highest BCUT2D eigenvalue weighted by atomic mass is 16.5. The van der Waals surface area contributed by atoms with E-state index >= 15 is 0 Å². The van der Waals surface area contributed by atoms with Gasteiger partial charge in [-0.3, -0.25) is 0 Å². The summed E-state index contributed by atoms with van der Waals surface area (Å²) in [5.74, 6) is 0.799. The van der Waals surface area contributed by atoms with Crippen LogP contribution < -0.4 is 9.58 Å². The molecule has 5 heteroatoms. The van der Waals surface area contributed by atoms with Crippen molar-refractivity contribution in [1.29, 1.82) is 0 Å². The number of benzene rings is 1. The van der Waals surface area contributed by atoms with Crippen LogP contribution in [0.3, 0.4) is 0 Å². The average Bonchev–Trinajstić information content (AvgIpc) is 2.56. The van der Waals surface area contributed by atoms with Crippen LogP contribution in [0.2, 0.25) is 0 Å². The van der Waals surface area contributed by atoms with E-state index in [0.717, 1.165) is 56.5 Å². The molecule has 0 bridgehead atoms. The molecule has 0 spiro atoms. The second kappa shape index (κ2) is 6.63. The fourth-order valence-corrected chi connectivity index (χ4v) is 2.43. The van der Waals surface area contributed by atoms with E-state index in [1.165, 1.54) is 0 Å². The summed E-state index contributed by atoms with van der Waals surface area (Å²) in [6, 6.07) is 10.3. The Morgan fingerprint density at radius 2 is 1.95 bits per heavy atom. The van der Waals surface area contributed by atoms with E-state index in [0.29, 0.717) is 0 Å². The highest BCUT2D eigenvalue weighted by molar-refractivity contribution is 5.58. The van der Waals surface area contributed by atoms with Crippen molar-refractivity contribution in [1.82, 2.24) is 10.1 Å². The predicted octanol–water partition coefficient (Wildman–Crippen LogP) is 1.68. The highest BCUT2D eigenvalue weighted by Gasteiger charge is 2.19. The van der Waals surface area contributed by atoms with Gasteiger partial charge in [-0.15, -0.1) is 0 Å². The summed E-state index contributed by atoms with van der Waals surface area (Å²) in [6.07, 6.45) is 3.08. The molecule has 0 amide bonds. The van der Waals surface area contributed by atoms with Crippen molar-refractivity contribution in [2.45, 2.75) is 19.9 Å². The number of aryl methyl sites for hydroxylation is 1. The molecule has 0 N–H and O–H groups in total. The summed E-state index contributed by atoms with van der Waals surface area (Å²) in [7, 11) is 0. The third-order valence-corrected chi connectivity index (χ3v) is 3.53. The normalized spacial score (nSPS) is 15.2. The van der Waals surface area contributed by atoms with Crippen molar-refractivity contribution >= 4 is 5.95 Å². The number of anilines is 1. The van der Waals surface area contributed by atoms with Crippen LogP contribution in [0.1, 0.15) is 13.3 Å². The Balaban J connectivity index is 1.97. The molecule has 0 atom stereocenters. The van der Waals surface area contributed by atoms with E-state index in [2.05, 4.69) is 29.1 Å². The molecule has 0 aliphatic carbocycles. The quantitative estimate of drug-likeness (QED) is 0.802. The van der Waals surface area contributed by atoms with E-state index in [1.807, 2.05) is 29.1 Å². The number of hydrogen-bond donors (Lipinski definition) is 0. The number of rotatable bonds is 4. The van der Waals surface area contributed by atoms with Crippen LogP contribution in [0.15, 0.2) is 36.5 Å². The van der Waals surface area contributed by atoms with Crippen LogP contribution in [0.5, 0.6) is 0 Å². The van der Waals surface area contributed by atoms with Gasteiger partial charge in [-0.2, -0.15) is 0 Å². The molecule has 5 nitrogen and oxygen atoms in total. The fraction of sp³-hybridized carbons (Fsp3) is 0.438. The van der Waals surface area contributed by atoms with E-state index in [9.17, 15) is 0 Å². The molecule has 2 heterocycles. The topological polar surface area (TPSA) is 42.1 Å². The van der Waals surface area contributed by atoms with Crippen LogP contribution in [-0.2, 0) is 11.3 Å². The van der Waals surface area contributed by atoms with Gasteiger partial charge in [0.1, 0.15) is 5.69 Å². The van der Waals surface area contributed by atoms with Gasteiger partial charge >= 0.3 is 0 Å². The smallest absolute Gasteiger partial charge is 0.291 e. The largest absolute Gasteiger partial charge is 0.378 e. The number of aromatic nitrogens is 3. The molecule has 1 fully saturated rings. The van der Waals surface area contributed by atoms with Gasteiger partial charge in [-0.25, -0.2) is 4.98 Å². The average molecular weight is 285 g/mol. The Morgan fingerprint density at radius 3 is 2.67 bits per heavy atom. The minimum Gasteiger partial charge on any atom is -0.378 e. The Hall–Kier alpha value is -2.01. The van der Waals surface area contributed by atoms with Gasteiger partial charge in [-0.05, 0) is 0 Å². The molecule has 0 saturated carbocycles. The summed E-state index contributed by atoms with van der Waals surface area (Å²) < 4.78 is 7.41. The van der Waals surface area contributed by atoms with Gasteiger partial charge in [0.2, 0.25) is 6.20 Å². The maximum atomic E-state index is 5.41. The van der Waals surface area contributed by atoms with Crippen molar-refractivity contribution < 1.29 is 9.42 Å². The first kappa shape index (κ1) is 13.9. The van der Waals surface area contributed by atoms with Gasteiger partial charge in [0, 0.05) is 30.2 Å². The van der Waals surface area contributed by atoms with Crippen molar-refractivity contribution in [2.24, 2.45) is 0 Å². The summed E-state index contributed by atoms with van der Waals surface area (Å²) in [5.41, 5.74) is 2.10. The number of hydrogen-bond acceptors (Lipinski definition) is 4. The first-order chi connectivity index (χ1) is 10.4. The zero-order chi connectivity index (χ0) is 14.5. The molecule has 1 saturated heterocycles. The predicted molar refractivity (Wildman–Crippen MR) is 81.0 cm³/mol. The van der Waals surface area contributed by atoms with E-state index in [1.54, 1.807) is 0 Å². The van der Waals surface area contributed by atoms with Crippen LogP contribution in [0.25, 0.3) is 11.3 Å². The maximum absolute atomic E-state index is 5.41. The molecule has 2 aromatic rings. The molecule has 0 unspecified atom stereocenters. The third kappa shape index (κ3) is 3.36. The minimum absolute atomic E-state index is 0.743. The number of morpholine rings is 1. The van der Waals surface area contributed by atoms with Crippen LogP contribution >= 0.6 is 0 Å². The minimum atomic E-state index is 0.743. The number of ether oxygens (including phenoxy) is 1. The van der Waals surface area contributed by atoms with E-state index < -0.39 is 0 Å². The Labute approximate surface area is 125 Å². The SMILES string of the molecule is CCC[n+]1cc(-c2ccccc2)nc(N2CCOCC2)n1. The summed E-state index contributed by atoms with van der Waals surface area (Å²) in [5, 5.41) is 4.65. The first-order valence-corrected chi connectivity index (χ1v) is 7.54. The lowest BCUT2D eigenvalue weighted by Crippen LogP contribution is -2.44. The lowest BCUT2D eigenvalue weighted by Gasteiger charge is -2.25. The maximum Gasteiger partial charge on any atom is 0.291 e. The zero-order valence-corrected chi connectivity index (χ0v) is 12.4. The van der Waals surface area contributed by atoms with Crippen molar-refractivity contribution in [3.05, 3.63) is 36.5 Å². The monoisotopic (exact) mass is 285 g/mol. The van der Waals surface area contributed by atoms with Crippen LogP contribution in [-0.4, -0.2) is 36.4 Å². The van der Waals surface area contributed by atoms with Gasteiger partial charge in [0.05, 0.1) is 13.2 Å². The number of nitrogens with zero attached hydrogens (tertiary/aromatic N) is 4. The molecule has 21 heavy (non-hydrogen) atoms. The molecule has 1 aliphatic heterocycles. The highest BCUT2D eigenvalue weighted by Crippen LogP contribution is 2.17. The Kier molecular flexibility index (Phi) is 4.40. The zero-order valence-electron chi connectivity index (χ0n) is 12.4. The van der Waals surface area contributed by atoms with Crippen molar-refractivity contribution in [3.8, 4) is 11.3 Å². The lowest BCUT2D eigenvalue weighted by molar-refractivity contribution is -0.752. The molecule has 1 aromatic heterocycles. The Bertz CT molecular complexity index is 582. The molecule has 110 valence electrons.